The summed E-state index contributed by atoms with van der Waals surface area (Å²) in [6.45, 7) is 2.06. The highest BCUT2D eigenvalue weighted by Crippen LogP contribution is 2.08. The molecule has 0 bridgehead atoms. The number of likely N-dealkylation sites (N-methyl/N-ethyl adjacent to an activating group) is 1. The topological polar surface area (TPSA) is 45.2 Å². The average Bonchev–Trinajstić information content (AvgIpc) is 2.30. The first-order valence-corrected chi connectivity index (χ1v) is 5.65. The first-order valence-electron chi connectivity index (χ1n) is 5.65. The molecule has 1 fully saturated rings. The highest BCUT2D eigenvalue weighted by Gasteiger charge is 2.19. The van der Waals surface area contributed by atoms with Gasteiger partial charge in [0.25, 0.3) is 5.91 Å². The second-order valence-electron chi connectivity index (χ2n) is 4.32. The van der Waals surface area contributed by atoms with Gasteiger partial charge in [-0.3, -0.25) is 9.78 Å². The summed E-state index contributed by atoms with van der Waals surface area (Å²) >= 11 is 0. The number of nitrogens with one attached hydrogen (secondary N) is 1. The minimum atomic E-state index is -0.0200. The van der Waals surface area contributed by atoms with Gasteiger partial charge >= 0.3 is 0 Å². The second-order valence-corrected chi connectivity index (χ2v) is 4.32. The molecule has 16 heavy (non-hydrogen) atoms. The second kappa shape index (κ2) is 5.07. The van der Waals surface area contributed by atoms with Crippen molar-refractivity contribution in [3.8, 4) is 0 Å². The van der Waals surface area contributed by atoms with Gasteiger partial charge in [0.05, 0.1) is 5.56 Å². The molecule has 0 aliphatic carbocycles. The third-order valence-corrected chi connectivity index (χ3v) is 2.88. The van der Waals surface area contributed by atoms with Crippen LogP contribution in [0.2, 0.25) is 0 Å². The molecule has 1 atom stereocenters. The molecule has 86 valence electrons. The van der Waals surface area contributed by atoms with Gasteiger partial charge in [-0.1, -0.05) is 0 Å². The van der Waals surface area contributed by atoms with E-state index in [2.05, 4.69) is 22.2 Å². The Bertz CT molecular complexity index is 353. The molecular weight excluding hydrogens is 202 g/mol. The number of hydrogen-bond donors (Lipinski definition) is 1. The number of rotatable bonds is 2. The van der Waals surface area contributed by atoms with Crippen LogP contribution in [0.1, 0.15) is 23.2 Å². The first-order chi connectivity index (χ1) is 7.75. The minimum absolute atomic E-state index is 0.0200. The van der Waals surface area contributed by atoms with Crippen LogP contribution in [0, 0.1) is 0 Å². The number of carbonyl (C=O) groups is 1. The van der Waals surface area contributed by atoms with Gasteiger partial charge in [-0.05, 0) is 38.6 Å². The molecule has 0 aromatic carbocycles. The maximum atomic E-state index is 11.8. The molecule has 1 saturated heterocycles. The predicted octanol–water partition coefficient (Wildman–Crippen LogP) is 0.906. The van der Waals surface area contributed by atoms with Gasteiger partial charge < -0.3 is 10.2 Å². The van der Waals surface area contributed by atoms with Crippen molar-refractivity contribution < 1.29 is 4.79 Å². The van der Waals surface area contributed by atoms with E-state index in [-0.39, 0.29) is 11.9 Å². The van der Waals surface area contributed by atoms with Crippen molar-refractivity contribution in [3.05, 3.63) is 30.1 Å². The van der Waals surface area contributed by atoms with E-state index in [9.17, 15) is 4.79 Å². The number of hydrogen-bond acceptors (Lipinski definition) is 3. The summed E-state index contributed by atoms with van der Waals surface area (Å²) in [6.07, 6.45) is 5.48. The molecular formula is C12H17N3O. The van der Waals surface area contributed by atoms with Gasteiger partial charge in [-0.2, -0.15) is 0 Å². The van der Waals surface area contributed by atoms with Crippen LogP contribution in [0.15, 0.2) is 24.5 Å². The highest BCUT2D eigenvalue weighted by atomic mass is 16.1. The van der Waals surface area contributed by atoms with Crippen LogP contribution in [-0.2, 0) is 0 Å². The third-order valence-electron chi connectivity index (χ3n) is 2.88. The molecule has 0 unspecified atom stereocenters. The zero-order valence-corrected chi connectivity index (χ0v) is 9.52. The normalized spacial score (nSPS) is 21.7. The summed E-state index contributed by atoms with van der Waals surface area (Å²) < 4.78 is 0. The molecule has 0 saturated carbocycles. The van der Waals surface area contributed by atoms with Crippen LogP contribution in [0.3, 0.4) is 0 Å². The Morgan fingerprint density at radius 3 is 3.19 bits per heavy atom. The smallest absolute Gasteiger partial charge is 0.253 e. The highest BCUT2D eigenvalue weighted by molar-refractivity contribution is 5.94. The molecule has 1 aliphatic heterocycles. The van der Waals surface area contributed by atoms with E-state index in [1.54, 1.807) is 24.5 Å². The Kier molecular flexibility index (Phi) is 3.51. The van der Waals surface area contributed by atoms with Gasteiger partial charge in [0.2, 0.25) is 0 Å². The van der Waals surface area contributed by atoms with E-state index in [4.69, 9.17) is 0 Å². The molecule has 1 aliphatic rings. The fourth-order valence-electron chi connectivity index (χ4n) is 2.05. The summed E-state index contributed by atoms with van der Waals surface area (Å²) in [5, 5.41) is 3.04. The van der Waals surface area contributed by atoms with Gasteiger partial charge in [-0.25, -0.2) is 0 Å². The Morgan fingerprint density at radius 2 is 2.50 bits per heavy atom. The summed E-state index contributed by atoms with van der Waals surface area (Å²) in [6, 6.07) is 3.84. The van der Waals surface area contributed by atoms with Crippen LogP contribution < -0.4 is 5.32 Å². The molecule has 0 spiro atoms. The van der Waals surface area contributed by atoms with Crippen molar-refractivity contribution in [2.45, 2.75) is 18.9 Å². The molecule has 1 aromatic rings. The molecule has 4 heteroatoms. The van der Waals surface area contributed by atoms with E-state index in [1.807, 2.05) is 0 Å². The molecule has 1 N–H and O–H groups in total. The van der Waals surface area contributed by atoms with Gasteiger partial charge in [0, 0.05) is 25.0 Å². The Balaban J connectivity index is 1.92. The van der Waals surface area contributed by atoms with Crippen molar-refractivity contribution in [1.29, 1.82) is 0 Å². The maximum Gasteiger partial charge on any atom is 0.253 e. The summed E-state index contributed by atoms with van der Waals surface area (Å²) in [7, 11) is 2.09. The quantitative estimate of drug-likeness (QED) is 0.804. The minimum Gasteiger partial charge on any atom is -0.348 e. The molecule has 0 radical (unpaired) electrons. The van der Waals surface area contributed by atoms with Crippen LogP contribution in [0.25, 0.3) is 0 Å². The largest absolute Gasteiger partial charge is 0.348 e. The van der Waals surface area contributed by atoms with Crippen molar-refractivity contribution in [1.82, 2.24) is 15.2 Å². The number of aromatic nitrogens is 1. The fourth-order valence-corrected chi connectivity index (χ4v) is 2.05. The van der Waals surface area contributed by atoms with Crippen molar-refractivity contribution in [2.24, 2.45) is 0 Å². The number of piperidine rings is 1. The van der Waals surface area contributed by atoms with E-state index in [0.29, 0.717) is 5.56 Å². The Labute approximate surface area is 95.7 Å². The zero-order chi connectivity index (χ0) is 11.4. The van der Waals surface area contributed by atoms with Gasteiger partial charge in [-0.15, -0.1) is 0 Å². The predicted molar refractivity (Wildman–Crippen MR) is 62.2 cm³/mol. The van der Waals surface area contributed by atoms with Crippen molar-refractivity contribution in [2.75, 3.05) is 20.1 Å². The number of nitrogens with zero attached hydrogens (tertiary/aromatic N) is 2. The zero-order valence-electron chi connectivity index (χ0n) is 9.52. The number of amides is 1. The number of likely N-dealkylation sites (tertiary alicyclic amines) is 1. The number of carbonyl (C=O) groups excluding carboxylic acids is 1. The summed E-state index contributed by atoms with van der Waals surface area (Å²) in [4.78, 5) is 18.0. The Hall–Kier alpha value is -1.42. The average molecular weight is 219 g/mol. The van der Waals surface area contributed by atoms with E-state index >= 15 is 0 Å². The summed E-state index contributed by atoms with van der Waals surface area (Å²) in [5.74, 6) is -0.0200. The van der Waals surface area contributed by atoms with Gasteiger partial charge in [0.1, 0.15) is 0 Å². The lowest BCUT2D eigenvalue weighted by Gasteiger charge is -2.30. The third kappa shape index (κ3) is 2.79. The lowest BCUT2D eigenvalue weighted by atomic mass is 10.1. The lowest BCUT2D eigenvalue weighted by molar-refractivity contribution is 0.0912. The Morgan fingerprint density at radius 1 is 1.62 bits per heavy atom. The molecule has 1 amide bonds. The SMILES string of the molecule is CN1CCC[C@H](NC(=O)c2cccnc2)C1. The first kappa shape index (κ1) is 11.1. The molecule has 4 nitrogen and oxygen atoms in total. The van der Waals surface area contributed by atoms with Crippen LogP contribution in [-0.4, -0.2) is 42.0 Å². The molecule has 1 aromatic heterocycles. The number of pyridine rings is 1. The van der Waals surface area contributed by atoms with E-state index in [1.165, 1.54) is 0 Å². The van der Waals surface area contributed by atoms with Gasteiger partial charge in [0.15, 0.2) is 0 Å². The standard InChI is InChI=1S/C12H17N3O/c1-15-7-3-5-11(9-15)14-12(16)10-4-2-6-13-8-10/h2,4,6,8,11H,3,5,7,9H2,1H3,(H,14,16)/t11-/m0/s1. The molecule has 2 heterocycles. The summed E-state index contributed by atoms with van der Waals surface area (Å²) in [5.41, 5.74) is 0.635. The monoisotopic (exact) mass is 219 g/mol. The van der Waals surface area contributed by atoms with E-state index < -0.39 is 0 Å². The van der Waals surface area contributed by atoms with Crippen molar-refractivity contribution >= 4 is 5.91 Å². The van der Waals surface area contributed by atoms with Crippen molar-refractivity contribution in [3.63, 3.8) is 0 Å². The maximum absolute atomic E-state index is 11.8. The fraction of sp³-hybridized carbons (Fsp3) is 0.500. The van der Waals surface area contributed by atoms with Crippen LogP contribution in [0.4, 0.5) is 0 Å². The molecule has 2 rings (SSSR count). The van der Waals surface area contributed by atoms with Crippen LogP contribution in [0.5, 0.6) is 0 Å². The lowest BCUT2D eigenvalue weighted by Crippen LogP contribution is -2.46. The van der Waals surface area contributed by atoms with Crippen LogP contribution >= 0.6 is 0 Å². The van der Waals surface area contributed by atoms with E-state index in [0.717, 1.165) is 25.9 Å².